The third-order valence-electron chi connectivity index (χ3n) is 4.47. The van der Waals surface area contributed by atoms with Crippen LogP contribution >= 0.6 is 27.5 Å². The lowest BCUT2D eigenvalue weighted by atomic mass is 10.1. The molecule has 1 heterocycles. The van der Waals surface area contributed by atoms with Crippen LogP contribution in [0.25, 0.3) is 22.3 Å². The molecule has 0 spiro atoms. The van der Waals surface area contributed by atoms with Crippen LogP contribution in [0.4, 0.5) is 4.79 Å². The first-order valence-electron chi connectivity index (χ1n) is 10.3. The van der Waals surface area contributed by atoms with Crippen LogP contribution in [0.15, 0.2) is 50.1 Å². The molecular weight excluding hydrogens is 514 g/mol. The van der Waals surface area contributed by atoms with Crippen molar-refractivity contribution in [3.63, 3.8) is 0 Å². The van der Waals surface area contributed by atoms with E-state index in [1.807, 2.05) is 0 Å². The van der Waals surface area contributed by atoms with Gasteiger partial charge in [0.1, 0.15) is 22.9 Å². The Morgan fingerprint density at radius 3 is 2.64 bits per heavy atom. The van der Waals surface area contributed by atoms with Crippen molar-refractivity contribution in [3.05, 3.63) is 56.1 Å². The first kappa shape index (κ1) is 24.9. The van der Waals surface area contributed by atoms with E-state index in [2.05, 4.69) is 21.2 Å². The summed E-state index contributed by atoms with van der Waals surface area (Å²) in [6.45, 7) is 6.15. The molecule has 33 heavy (non-hydrogen) atoms. The zero-order valence-electron chi connectivity index (χ0n) is 18.8. The third kappa shape index (κ3) is 6.42. The van der Waals surface area contributed by atoms with Gasteiger partial charge < -0.3 is 23.9 Å². The molecule has 0 unspecified atom stereocenters. The van der Waals surface area contributed by atoms with Crippen LogP contribution in [0.3, 0.4) is 0 Å². The fourth-order valence-electron chi connectivity index (χ4n) is 3.04. The normalized spacial score (nSPS) is 11.3. The quantitative estimate of drug-likeness (QED) is 0.362. The Kier molecular flexibility index (Phi) is 7.92. The van der Waals surface area contributed by atoms with Gasteiger partial charge >= 0.3 is 6.09 Å². The molecular formula is C24H25BrClNO6. The fourth-order valence-corrected chi connectivity index (χ4v) is 3.69. The number of halogens is 2. The molecule has 0 aliphatic carbocycles. The topological polar surface area (TPSA) is 87.0 Å². The summed E-state index contributed by atoms with van der Waals surface area (Å²) in [5.74, 6) is 1.33. The van der Waals surface area contributed by atoms with Crippen LogP contribution in [0, 0.1) is 0 Å². The number of alkyl carbamates (subject to hydrolysis) is 1. The van der Waals surface area contributed by atoms with E-state index in [0.29, 0.717) is 62.9 Å². The molecule has 1 aromatic heterocycles. The zero-order chi connectivity index (χ0) is 24.2. The number of methoxy groups -OCH3 is 1. The minimum Gasteiger partial charge on any atom is -0.496 e. The lowest BCUT2D eigenvalue weighted by Crippen LogP contribution is -2.33. The lowest BCUT2D eigenvalue weighted by Gasteiger charge is -2.19. The summed E-state index contributed by atoms with van der Waals surface area (Å²) in [6, 6.07) is 9.89. The van der Waals surface area contributed by atoms with Crippen molar-refractivity contribution in [2.45, 2.75) is 32.8 Å². The number of hydrogen-bond acceptors (Lipinski definition) is 6. The van der Waals surface area contributed by atoms with Crippen LogP contribution in [0.1, 0.15) is 27.2 Å². The van der Waals surface area contributed by atoms with Crippen molar-refractivity contribution in [2.24, 2.45) is 0 Å². The highest BCUT2D eigenvalue weighted by atomic mass is 79.9. The van der Waals surface area contributed by atoms with Crippen molar-refractivity contribution >= 4 is 44.6 Å². The second kappa shape index (κ2) is 10.5. The Balaban J connectivity index is 1.77. The summed E-state index contributed by atoms with van der Waals surface area (Å²) in [6.07, 6.45) is 0.0914. The van der Waals surface area contributed by atoms with Crippen molar-refractivity contribution in [2.75, 3.05) is 20.3 Å². The standard InChI is InChI=1S/C24H25BrClNO6/c1-24(2,3)33-23(29)27-9-6-10-31-21-11-15(19(30-4)12-16(21)25)20-13-18(28)14-7-5-8-17(26)22(14)32-20/h5,7-8,11-13H,6,9-10H2,1-4H3,(H,27,29). The van der Waals surface area contributed by atoms with E-state index in [4.69, 9.17) is 30.2 Å². The minimum atomic E-state index is -0.549. The SMILES string of the molecule is COc1cc(Br)c(OCCCNC(=O)OC(C)(C)C)cc1-c1cc(=O)c2cccc(Cl)c2o1. The predicted octanol–water partition coefficient (Wildman–Crippen LogP) is 6.18. The number of ether oxygens (including phenoxy) is 3. The third-order valence-corrected chi connectivity index (χ3v) is 5.39. The summed E-state index contributed by atoms with van der Waals surface area (Å²) < 4.78 is 23.2. The van der Waals surface area contributed by atoms with E-state index < -0.39 is 11.7 Å². The molecule has 2 aromatic carbocycles. The van der Waals surface area contributed by atoms with Gasteiger partial charge in [0.15, 0.2) is 11.0 Å². The molecule has 3 rings (SSSR count). The Bertz CT molecular complexity index is 1220. The van der Waals surface area contributed by atoms with Gasteiger partial charge in [-0.05, 0) is 67.4 Å². The molecule has 176 valence electrons. The Morgan fingerprint density at radius 2 is 1.94 bits per heavy atom. The molecule has 0 saturated carbocycles. The molecule has 0 bridgehead atoms. The summed E-state index contributed by atoms with van der Waals surface area (Å²) in [5.41, 5.74) is 0.0886. The molecule has 0 aliphatic rings. The highest BCUT2D eigenvalue weighted by Crippen LogP contribution is 2.39. The maximum Gasteiger partial charge on any atom is 0.407 e. The minimum absolute atomic E-state index is 0.214. The average molecular weight is 539 g/mol. The van der Waals surface area contributed by atoms with E-state index in [0.717, 1.165) is 0 Å². The fraction of sp³-hybridized carbons (Fsp3) is 0.333. The van der Waals surface area contributed by atoms with Gasteiger partial charge in [0, 0.05) is 12.6 Å². The molecule has 1 N–H and O–H groups in total. The van der Waals surface area contributed by atoms with Crippen LogP contribution in [0.2, 0.25) is 5.02 Å². The molecule has 0 radical (unpaired) electrons. The highest BCUT2D eigenvalue weighted by Gasteiger charge is 2.17. The van der Waals surface area contributed by atoms with Gasteiger partial charge in [-0.15, -0.1) is 0 Å². The van der Waals surface area contributed by atoms with Crippen molar-refractivity contribution in [1.29, 1.82) is 0 Å². The van der Waals surface area contributed by atoms with Gasteiger partial charge in [0.25, 0.3) is 0 Å². The predicted molar refractivity (Wildman–Crippen MR) is 132 cm³/mol. The molecule has 7 nitrogen and oxygen atoms in total. The Morgan fingerprint density at radius 1 is 1.18 bits per heavy atom. The summed E-state index contributed by atoms with van der Waals surface area (Å²) in [7, 11) is 1.53. The summed E-state index contributed by atoms with van der Waals surface area (Å²) in [5, 5.41) is 3.43. The largest absolute Gasteiger partial charge is 0.496 e. The molecule has 9 heteroatoms. The summed E-state index contributed by atoms with van der Waals surface area (Å²) in [4.78, 5) is 24.3. The first-order chi connectivity index (χ1) is 15.6. The number of amides is 1. The smallest absolute Gasteiger partial charge is 0.407 e. The van der Waals surface area contributed by atoms with Gasteiger partial charge in [-0.25, -0.2) is 4.79 Å². The maximum absolute atomic E-state index is 12.6. The number of benzene rings is 2. The molecule has 0 atom stereocenters. The molecule has 1 amide bonds. The average Bonchev–Trinajstić information content (AvgIpc) is 2.73. The van der Waals surface area contributed by atoms with Gasteiger partial charge in [0.2, 0.25) is 0 Å². The monoisotopic (exact) mass is 537 g/mol. The van der Waals surface area contributed by atoms with E-state index in [-0.39, 0.29) is 5.43 Å². The maximum atomic E-state index is 12.6. The number of nitrogens with one attached hydrogen (secondary N) is 1. The molecule has 3 aromatic rings. The second-order valence-electron chi connectivity index (χ2n) is 8.21. The van der Waals surface area contributed by atoms with Crippen LogP contribution in [0.5, 0.6) is 11.5 Å². The van der Waals surface area contributed by atoms with Crippen molar-refractivity contribution in [3.8, 4) is 22.8 Å². The number of para-hydroxylation sites is 1. The number of carbonyl (C=O) groups is 1. The molecule has 0 saturated heterocycles. The van der Waals surface area contributed by atoms with E-state index in [1.54, 1.807) is 51.1 Å². The Hall–Kier alpha value is -2.71. The first-order valence-corrected chi connectivity index (χ1v) is 11.5. The van der Waals surface area contributed by atoms with E-state index >= 15 is 0 Å². The van der Waals surface area contributed by atoms with Gasteiger partial charge in [-0.1, -0.05) is 17.7 Å². The highest BCUT2D eigenvalue weighted by molar-refractivity contribution is 9.10. The Labute approximate surface area is 205 Å². The van der Waals surface area contributed by atoms with Crippen LogP contribution in [-0.2, 0) is 4.74 Å². The number of carbonyl (C=O) groups excluding carboxylic acids is 1. The van der Waals surface area contributed by atoms with Crippen LogP contribution in [-0.4, -0.2) is 32.0 Å². The number of rotatable bonds is 7. The number of fused-ring (bicyclic) bond motifs is 1. The van der Waals surface area contributed by atoms with Crippen molar-refractivity contribution in [1.82, 2.24) is 5.32 Å². The lowest BCUT2D eigenvalue weighted by molar-refractivity contribution is 0.0525. The van der Waals surface area contributed by atoms with E-state index in [1.165, 1.54) is 13.2 Å². The summed E-state index contributed by atoms with van der Waals surface area (Å²) >= 11 is 9.72. The van der Waals surface area contributed by atoms with E-state index in [9.17, 15) is 9.59 Å². The van der Waals surface area contributed by atoms with Gasteiger partial charge in [0.05, 0.1) is 34.2 Å². The van der Waals surface area contributed by atoms with Crippen LogP contribution < -0.4 is 20.2 Å². The second-order valence-corrected chi connectivity index (χ2v) is 9.47. The number of hydrogen-bond donors (Lipinski definition) is 1. The molecule has 0 aliphatic heterocycles. The van der Waals surface area contributed by atoms with Gasteiger partial charge in [-0.3, -0.25) is 4.79 Å². The van der Waals surface area contributed by atoms with Crippen molar-refractivity contribution < 1.29 is 23.4 Å². The molecule has 0 fully saturated rings. The van der Waals surface area contributed by atoms with Gasteiger partial charge in [-0.2, -0.15) is 0 Å². The zero-order valence-corrected chi connectivity index (χ0v) is 21.1.